The summed E-state index contributed by atoms with van der Waals surface area (Å²) in [7, 11) is 1.90. The van der Waals surface area contributed by atoms with Gasteiger partial charge in [-0.1, -0.05) is 13.2 Å². The van der Waals surface area contributed by atoms with Crippen molar-refractivity contribution in [3.63, 3.8) is 0 Å². The monoisotopic (exact) mass is 395 g/mol. The van der Waals surface area contributed by atoms with E-state index in [1.807, 2.05) is 51.2 Å². The highest BCUT2D eigenvalue weighted by atomic mass is 16.5. The van der Waals surface area contributed by atoms with E-state index in [0.717, 1.165) is 30.2 Å². The molecule has 29 heavy (non-hydrogen) atoms. The Kier molecular flexibility index (Phi) is 6.43. The molecular weight excluding hydrogens is 366 g/mol. The second kappa shape index (κ2) is 9.00. The average Bonchev–Trinajstić information content (AvgIpc) is 3.14. The number of ether oxygens (including phenoxy) is 1. The zero-order valence-corrected chi connectivity index (χ0v) is 17.7. The van der Waals surface area contributed by atoms with Gasteiger partial charge < -0.3 is 9.64 Å². The van der Waals surface area contributed by atoms with E-state index in [4.69, 9.17) is 14.8 Å². The van der Waals surface area contributed by atoms with Crippen molar-refractivity contribution in [3.05, 3.63) is 48.5 Å². The first kappa shape index (κ1) is 20.7. The van der Waals surface area contributed by atoms with Crippen molar-refractivity contribution in [2.75, 3.05) is 32.8 Å². The fourth-order valence-corrected chi connectivity index (χ4v) is 3.17. The van der Waals surface area contributed by atoms with Gasteiger partial charge in [0.2, 0.25) is 0 Å². The lowest BCUT2D eigenvalue weighted by Gasteiger charge is -2.31. The number of hydrogen-bond acceptors (Lipinski definition) is 7. The fraction of sp³-hybridized carbons (Fsp3) is 0.429. The van der Waals surface area contributed by atoms with Gasteiger partial charge in [-0.3, -0.25) is 9.69 Å². The summed E-state index contributed by atoms with van der Waals surface area (Å²) in [6.45, 7) is 17.8. The standard InChI is InChI=1S/C21H29N7O/c1-7-28-18(5)22-17(4)21(27-10-12-29-13-11-27)23-20(25-28)16(3)14-15(2)19-8-9-26(6)24-19/h8-9,14H,3-4,7,10-13H2,1-2,5-6H3/b15-14+,22-18?,23-21?,25-20-. The second-order valence-corrected chi connectivity index (χ2v) is 7.01. The van der Waals surface area contributed by atoms with Crippen LogP contribution in [-0.4, -0.2) is 70.0 Å². The van der Waals surface area contributed by atoms with Gasteiger partial charge in [0.05, 0.1) is 18.9 Å². The first-order valence-electron chi connectivity index (χ1n) is 9.78. The van der Waals surface area contributed by atoms with Crippen LogP contribution in [0, 0.1) is 0 Å². The van der Waals surface area contributed by atoms with E-state index in [2.05, 4.69) is 28.1 Å². The van der Waals surface area contributed by atoms with E-state index in [9.17, 15) is 0 Å². The van der Waals surface area contributed by atoms with Crippen molar-refractivity contribution >= 4 is 23.1 Å². The largest absolute Gasteiger partial charge is 0.378 e. The molecule has 3 rings (SSSR count). The third-order valence-electron chi connectivity index (χ3n) is 4.76. The molecule has 8 nitrogen and oxygen atoms in total. The fourth-order valence-electron chi connectivity index (χ4n) is 3.17. The molecule has 0 radical (unpaired) electrons. The number of aliphatic imine (C=N–C) groups is 2. The topological polar surface area (TPSA) is 70.6 Å². The Balaban J connectivity index is 2.00. The van der Waals surface area contributed by atoms with Crippen molar-refractivity contribution in [1.29, 1.82) is 0 Å². The minimum absolute atomic E-state index is 0.541. The number of aromatic nitrogens is 2. The SMILES string of the molecule is C=C1N=C(C)N(CC)/N=C(/C(=C)/C=C(\C)c2ccn(C)n2)N=C1N1CCOCC1. The van der Waals surface area contributed by atoms with Gasteiger partial charge in [-0.25, -0.2) is 9.98 Å². The zero-order valence-electron chi connectivity index (χ0n) is 17.7. The maximum atomic E-state index is 5.48. The van der Waals surface area contributed by atoms with Crippen LogP contribution in [0.5, 0.6) is 0 Å². The highest BCUT2D eigenvalue weighted by Crippen LogP contribution is 2.18. The Morgan fingerprint density at radius 2 is 2.00 bits per heavy atom. The van der Waals surface area contributed by atoms with Gasteiger partial charge in [0, 0.05) is 38.5 Å². The first-order chi connectivity index (χ1) is 13.9. The summed E-state index contributed by atoms with van der Waals surface area (Å²) < 4.78 is 7.26. The Hall–Kier alpha value is -3.00. The summed E-state index contributed by atoms with van der Waals surface area (Å²) in [6.07, 6.45) is 3.88. The maximum absolute atomic E-state index is 5.48. The van der Waals surface area contributed by atoms with Gasteiger partial charge in [-0.05, 0) is 38.5 Å². The van der Waals surface area contributed by atoms with Gasteiger partial charge in [0.15, 0.2) is 11.7 Å². The minimum Gasteiger partial charge on any atom is -0.378 e. The van der Waals surface area contributed by atoms with Gasteiger partial charge in [-0.15, -0.1) is 0 Å². The molecule has 154 valence electrons. The second-order valence-electron chi connectivity index (χ2n) is 7.01. The summed E-state index contributed by atoms with van der Waals surface area (Å²) in [4.78, 5) is 11.6. The molecule has 0 atom stereocenters. The van der Waals surface area contributed by atoms with E-state index in [1.54, 1.807) is 4.68 Å². The van der Waals surface area contributed by atoms with Crippen molar-refractivity contribution in [3.8, 4) is 0 Å². The molecule has 0 aromatic carbocycles. The molecule has 0 saturated carbocycles. The number of hydrazone groups is 1. The lowest BCUT2D eigenvalue weighted by atomic mass is 10.1. The van der Waals surface area contributed by atoms with Crippen molar-refractivity contribution < 1.29 is 4.74 Å². The molecule has 1 aromatic heterocycles. The summed E-state index contributed by atoms with van der Waals surface area (Å²) in [5.41, 5.74) is 3.22. The molecule has 0 spiro atoms. The Labute approximate surface area is 172 Å². The molecule has 1 aromatic rings. The third-order valence-corrected chi connectivity index (χ3v) is 4.76. The summed E-state index contributed by atoms with van der Waals surface area (Å²) in [6, 6.07) is 1.97. The number of rotatable bonds is 4. The average molecular weight is 396 g/mol. The van der Waals surface area contributed by atoms with Gasteiger partial charge >= 0.3 is 0 Å². The van der Waals surface area contributed by atoms with Crippen LogP contribution in [0.15, 0.2) is 57.9 Å². The van der Waals surface area contributed by atoms with Crippen LogP contribution in [-0.2, 0) is 11.8 Å². The van der Waals surface area contributed by atoms with E-state index < -0.39 is 0 Å². The molecule has 8 heteroatoms. The van der Waals surface area contributed by atoms with Crippen molar-refractivity contribution in [1.82, 2.24) is 19.7 Å². The minimum atomic E-state index is 0.541. The summed E-state index contributed by atoms with van der Waals surface area (Å²) in [5, 5.41) is 11.0. The Morgan fingerprint density at radius 3 is 2.62 bits per heavy atom. The van der Waals surface area contributed by atoms with Crippen LogP contribution in [0.1, 0.15) is 26.5 Å². The van der Waals surface area contributed by atoms with Crippen molar-refractivity contribution in [2.24, 2.45) is 22.1 Å². The molecule has 3 heterocycles. The molecule has 0 bridgehead atoms. The number of morpholine rings is 1. The van der Waals surface area contributed by atoms with Gasteiger partial charge in [-0.2, -0.15) is 10.2 Å². The predicted molar refractivity (Wildman–Crippen MR) is 118 cm³/mol. The van der Waals surface area contributed by atoms with E-state index in [0.29, 0.717) is 42.7 Å². The van der Waals surface area contributed by atoms with E-state index in [-0.39, 0.29) is 0 Å². The van der Waals surface area contributed by atoms with Crippen LogP contribution < -0.4 is 0 Å². The van der Waals surface area contributed by atoms with Gasteiger partial charge in [0.1, 0.15) is 11.5 Å². The van der Waals surface area contributed by atoms with Crippen LogP contribution in [0.4, 0.5) is 0 Å². The molecule has 0 unspecified atom stereocenters. The molecule has 2 aliphatic rings. The number of allylic oxidation sites excluding steroid dienone is 1. The van der Waals surface area contributed by atoms with Crippen molar-refractivity contribution in [2.45, 2.75) is 20.8 Å². The molecule has 2 aliphatic heterocycles. The quantitative estimate of drug-likeness (QED) is 0.735. The maximum Gasteiger partial charge on any atom is 0.181 e. The Bertz CT molecular complexity index is 913. The summed E-state index contributed by atoms with van der Waals surface area (Å²) in [5.74, 6) is 2.03. The van der Waals surface area contributed by atoms with Crippen LogP contribution in [0.2, 0.25) is 0 Å². The molecule has 0 N–H and O–H groups in total. The number of aryl methyl sites for hydroxylation is 1. The van der Waals surface area contributed by atoms with E-state index >= 15 is 0 Å². The normalized spacial score (nSPS) is 20.5. The molecule has 1 fully saturated rings. The first-order valence-corrected chi connectivity index (χ1v) is 9.78. The van der Waals surface area contributed by atoms with Crippen LogP contribution in [0.3, 0.4) is 0 Å². The lowest BCUT2D eigenvalue weighted by Crippen LogP contribution is -2.42. The molecular formula is C21H29N7O. The van der Waals surface area contributed by atoms with Gasteiger partial charge in [0.25, 0.3) is 0 Å². The number of hydrogen-bond donors (Lipinski definition) is 0. The van der Waals surface area contributed by atoms with E-state index in [1.165, 1.54) is 0 Å². The predicted octanol–water partition coefficient (Wildman–Crippen LogP) is 2.69. The lowest BCUT2D eigenvalue weighted by molar-refractivity contribution is 0.0682. The smallest absolute Gasteiger partial charge is 0.181 e. The Morgan fingerprint density at radius 1 is 1.28 bits per heavy atom. The highest BCUT2D eigenvalue weighted by Gasteiger charge is 2.22. The number of nitrogens with zero attached hydrogens (tertiary/aromatic N) is 7. The summed E-state index contributed by atoms with van der Waals surface area (Å²) >= 11 is 0. The molecule has 0 amide bonds. The van der Waals surface area contributed by atoms with Crippen LogP contribution >= 0.6 is 0 Å². The van der Waals surface area contributed by atoms with Crippen LogP contribution in [0.25, 0.3) is 5.57 Å². The molecule has 0 aliphatic carbocycles. The third kappa shape index (κ3) is 4.89. The zero-order chi connectivity index (χ0) is 21.0. The molecule has 1 saturated heterocycles. The highest BCUT2D eigenvalue weighted by molar-refractivity contribution is 6.13. The number of amidine groups is 3.